The molecule has 452 valence electrons. The topological polar surface area (TPSA) is 280 Å². The van der Waals surface area contributed by atoms with Crippen LogP contribution in [0, 0.1) is 23.7 Å². The van der Waals surface area contributed by atoms with Gasteiger partial charge in [0.2, 0.25) is 47.3 Å². The third-order valence-electron chi connectivity index (χ3n) is 18.6. The van der Waals surface area contributed by atoms with Crippen LogP contribution in [0.4, 0.5) is 0 Å². The highest BCUT2D eigenvalue weighted by atomic mass is 16.3. The first-order chi connectivity index (χ1) is 39.7. The number of hydrogen-bond acceptors (Lipinski definition) is 12. The van der Waals surface area contributed by atoms with Crippen molar-refractivity contribution in [2.45, 2.75) is 203 Å². The number of amides is 8. The van der Waals surface area contributed by atoms with Gasteiger partial charge < -0.3 is 62.5 Å². The predicted octanol–water partition coefficient (Wildman–Crippen LogP) is 3.57. The summed E-state index contributed by atoms with van der Waals surface area (Å²) in [6.07, 6.45) is 15.6. The fraction of sp³-hybridized carbons (Fsp3) is 0.677. The first-order valence-electron chi connectivity index (χ1n) is 30.8. The lowest BCUT2D eigenvalue weighted by Crippen LogP contribution is -2.59. The molecule has 12 atom stereocenters. The van der Waals surface area contributed by atoms with Gasteiger partial charge in [0.15, 0.2) is 0 Å². The van der Waals surface area contributed by atoms with E-state index in [4.69, 9.17) is 0 Å². The van der Waals surface area contributed by atoms with E-state index in [-0.39, 0.29) is 60.7 Å². The number of aliphatic hydroxyl groups excluding tert-OH is 2. The molecule has 8 amide bonds. The molecule has 82 heavy (non-hydrogen) atoms. The molecule has 0 spiro atoms. The Labute approximate surface area is 485 Å². The van der Waals surface area contributed by atoms with Gasteiger partial charge in [-0.1, -0.05) is 126 Å². The average Bonchev–Trinajstić information content (AvgIpc) is 3.90. The fourth-order valence-corrected chi connectivity index (χ4v) is 13.6. The van der Waals surface area contributed by atoms with Crippen molar-refractivity contribution in [3.63, 3.8) is 0 Å². The van der Waals surface area contributed by atoms with Gasteiger partial charge in [-0.3, -0.25) is 38.4 Å². The summed E-state index contributed by atoms with van der Waals surface area (Å²) in [5.74, 6) is -2.64. The number of rotatable bonds is 28. The quantitative estimate of drug-likeness (QED) is 0.0548. The number of carbonyl (C=O) groups is 8. The Balaban J connectivity index is 0.821. The minimum absolute atomic E-state index is 0.214. The molecule has 0 radical (unpaired) electrons. The van der Waals surface area contributed by atoms with Crippen LogP contribution in [-0.2, 0) is 38.4 Å². The Morgan fingerprint density at radius 1 is 0.500 bits per heavy atom. The Hall–Kier alpha value is -5.96. The number of benzene rings is 2. The molecule has 7 rings (SSSR count). The van der Waals surface area contributed by atoms with Crippen molar-refractivity contribution in [2.24, 2.45) is 23.7 Å². The summed E-state index contributed by atoms with van der Waals surface area (Å²) >= 11 is 0. The summed E-state index contributed by atoms with van der Waals surface area (Å²) in [5, 5.41) is 44.4. The van der Waals surface area contributed by atoms with E-state index in [0.29, 0.717) is 100 Å². The summed E-state index contributed by atoms with van der Waals surface area (Å²) < 4.78 is 0. The molecule has 4 heterocycles. The van der Waals surface area contributed by atoms with Gasteiger partial charge in [-0.05, 0) is 114 Å². The van der Waals surface area contributed by atoms with Crippen LogP contribution in [0.1, 0.15) is 165 Å². The fourth-order valence-electron chi connectivity index (χ4n) is 13.6. The molecule has 1 saturated carbocycles. The highest BCUT2D eigenvalue weighted by Gasteiger charge is 2.50. The smallest absolute Gasteiger partial charge is 0.247 e. The molecule has 5 fully saturated rings. The van der Waals surface area contributed by atoms with Crippen LogP contribution < -0.4 is 42.5 Å². The lowest BCUT2D eigenvalue weighted by Gasteiger charge is -2.33. The number of nitrogens with one attached hydrogen (secondary N) is 8. The Morgan fingerprint density at radius 2 is 0.866 bits per heavy atom. The maximum absolute atomic E-state index is 14.2. The van der Waals surface area contributed by atoms with Crippen molar-refractivity contribution in [1.29, 1.82) is 0 Å². The van der Waals surface area contributed by atoms with E-state index in [2.05, 4.69) is 42.5 Å². The minimum atomic E-state index is -0.972. The number of unbranched alkanes of at least 4 members (excludes halogenated alkanes) is 2. The molecule has 2 aromatic rings. The van der Waals surface area contributed by atoms with Crippen LogP contribution >= 0.6 is 0 Å². The Bertz CT molecular complexity index is 2250. The van der Waals surface area contributed by atoms with Crippen molar-refractivity contribution in [3.05, 3.63) is 71.8 Å². The van der Waals surface area contributed by atoms with Crippen LogP contribution in [-0.4, -0.2) is 156 Å². The second-order valence-corrected chi connectivity index (χ2v) is 23.7. The number of likely N-dealkylation sites (N-methyl/N-ethyl adjacent to an activating group) is 2. The van der Waals surface area contributed by atoms with E-state index < -0.39 is 72.0 Å². The molecule has 10 N–H and O–H groups in total. The van der Waals surface area contributed by atoms with Gasteiger partial charge >= 0.3 is 0 Å². The third-order valence-corrected chi connectivity index (χ3v) is 18.6. The first kappa shape index (κ1) is 63.6. The number of aliphatic hydroxyl groups is 2. The van der Waals surface area contributed by atoms with Crippen LogP contribution in [0.25, 0.3) is 0 Å². The zero-order valence-electron chi connectivity index (χ0n) is 48.9. The van der Waals surface area contributed by atoms with Crippen LogP contribution in [0.5, 0.6) is 0 Å². The maximum atomic E-state index is 14.2. The van der Waals surface area contributed by atoms with E-state index in [0.717, 1.165) is 64.2 Å². The zero-order chi connectivity index (χ0) is 58.7. The standard InChI is InChI=1S/C62H94N10O10/c1-5-47(63-3)55(75)69-53-43(37-73)27-29-45-31-33-49(71(45)61(53)81)57(77)67-51(41-19-9-7-10-20-41)59(79)65-35-15-13-17-39-23-25-40(26-24-39)18-14-16-36-66-60(80)52(42-21-11-8-12-22-42)68-58(78)50-34-32-46-30-28-44(38-74)54(62(82)72(46)50)70-56(76)48(6-2)64-4/h7-12,19-22,39-40,43-54,63-64,73-74H,5-6,13-18,23-38H2,1-4H3,(H,65,79)(H,66,80)(H,67,77)(H,68,78)(H,69,75)(H,70,76)/t39?,40?,43-,44-,45+,46+,47+,48+,49+,50+,51+,52+,53+,54+/m1/s1. The van der Waals surface area contributed by atoms with Gasteiger partial charge in [0.25, 0.3) is 0 Å². The van der Waals surface area contributed by atoms with E-state index in [1.54, 1.807) is 48.2 Å². The third kappa shape index (κ3) is 16.2. The van der Waals surface area contributed by atoms with Crippen LogP contribution in [0.15, 0.2) is 60.7 Å². The molecule has 20 nitrogen and oxygen atoms in total. The summed E-state index contributed by atoms with van der Waals surface area (Å²) in [7, 11) is 3.37. The van der Waals surface area contributed by atoms with Crippen molar-refractivity contribution in [2.75, 3.05) is 40.4 Å². The van der Waals surface area contributed by atoms with Gasteiger partial charge in [0.05, 0.1) is 12.1 Å². The maximum Gasteiger partial charge on any atom is 0.247 e. The predicted molar refractivity (Wildman–Crippen MR) is 311 cm³/mol. The van der Waals surface area contributed by atoms with Crippen LogP contribution in [0.2, 0.25) is 0 Å². The van der Waals surface area contributed by atoms with E-state index in [1.165, 1.54) is 0 Å². The molecule has 0 unspecified atom stereocenters. The average molecular weight is 1140 g/mol. The van der Waals surface area contributed by atoms with Gasteiger partial charge in [-0.2, -0.15) is 0 Å². The SMILES string of the molecule is CC[C@H](NC)C(=O)N[C@@H]1C(=O)N2[C@@H](CC[C@@H]1CO)CC[C@H]2C(=O)N[C@H](C(=O)NCCCCC1CCC(CCCCNC(=O)[C@@H](NC(=O)[C@@H]2CC[C@@H]3CC[C@H](CO)[C@H](NC(=O)[C@H](CC)NC)C(=O)N32)c2ccccc2)CC1)c1ccccc1. The summed E-state index contributed by atoms with van der Waals surface area (Å²) in [6, 6.07) is 11.2. The van der Waals surface area contributed by atoms with Gasteiger partial charge in [-0.25, -0.2) is 0 Å². The van der Waals surface area contributed by atoms with Crippen molar-refractivity contribution < 1.29 is 48.6 Å². The molecule has 0 bridgehead atoms. The Kier molecular flexibility index (Phi) is 24.5. The molecule has 20 heteroatoms. The zero-order valence-corrected chi connectivity index (χ0v) is 48.9. The summed E-state index contributed by atoms with van der Waals surface area (Å²) in [6.45, 7) is 4.11. The first-order valence-corrected chi connectivity index (χ1v) is 30.8. The lowest BCUT2D eigenvalue weighted by molar-refractivity contribution is -0.144. The Morgan fingerprint density at radius 3 is 1.21 bits per heavy atom. The van der Waals surface area contributed by atoms with E-state index in [1.807, 2.05) is 50.2 Å². The monoisotopic (exact) mass is 1140 g/mol. The summed E-state index contributed by atoms with van der Waals surface area (Å²) in [4.78, 5) is 114. The van der Waals surface area contributed by atoms with Crippen LogP contribution in [0.3, 0.4) is 0 Å². The normalized spacial score (nSPS) is 26.9. The molecular weight excluding hydrogens is 1040 g/mol. The molecule has 4 saturated heterocycles. The highest BCUT2D eigenvalue weighted by Crippen LogP contribution is 2.37. The minimum Gasteiger partial charge on any atom is -0.396 e. The number of nitrogens with zero attached hydrogens (tertiary/aromatic N) is 2. The number of hydrogen-bond donors (Lipinski definition) is 10. The second-order valence-electron chi connectivity index (χ2n) is 23.7. The molecule has 1 aliphatic carbocycles. The number of fused-ring (bicyclic) bond motifs is 2. The van der Waals surface area contributed by atoms with Crippen molar-refractivity contribution >= 4 is 47.3 Å². The molecule has 2 aromatic carbocycles. The van der Waals surface area contributed by atoms with Crippen molar-refractivity contribution in [3.8, 4) is 0 Å². The van der Waals surface area contributed by atoms with Gasteiger partial charge in [0, 0.05) is 50.2 Å². The lowest BCUT2D eigenvalue weighted by atomic mass is 9.78. The largest absolute Gasteiger partial charge is 0.396 e. The van der Waals surface area contributed by atoms with E-state index >= 15 is 0 Å². The second kappa shape index (κ2) is 31.6. The molecule has 0 aromatic heterocycles. The van der Waals surface area contributed by atoms with E-state index in [9.17, 15) is 48.6 Å². The molecule has 5 aliphatic rings. The number of carbonyl (C=O) groups excluding carboxylic acids is 8. The summed E-state index contributed by atoms with van der Waals surface area (Å²) in [5.41, 5.74) is 1.26. The van der Waals surface area contributed by atoms with Gasteiger partial charge in [0.1, 0.15) is 36.3 Å². The molecular formula is C62H94N10O10. The van der Waals surface area contributed by atoms with Gasteiger partial charge in [-0.15, -0.1) is 0 Å². The molecule has 4 aliphatic heterocycles. The van der Waals surface area contributed by atoms with Crippen molar-refractivity contribution in [1.82, 2.24) is 52.3 Å². The highest BCUT2D eigenvalue weighted by molar-refractivity contribution is 5.97.